The van der Waals surface area contributed by atoms with Crippen molar-refractivity contribution in [1.82, 2.24) is 9.80 Å². The van der Waals surface area contributed by atoms with Gasteiger partial charge in [0, 0.05) is 31.7 Å². The highest BCUT2D eigenvalue weighted by atomic mass is 35.5. The number of piperazine rings is 1. The van der Waals surface area contributed by atoms with E-state index in [1.165, 1.54) is 0 Å². The second kappa shape index (κ2) is 8.02. The summed E-state index contributed by atoms with van der Waals surface area (Å²) < 4.78 is 10.9. The Morgan fingerprint density at radius 2 is 1.88 bits per heavy atom. The van der Waals surface area contributed by atoms with Crippen LogP contribution in [0.25, 0.3) is 0 Å². The number of ether oxygens (including phenoxy) is 2. The van der Waals surface area contributed by atoms with E-state index in [1.807, 2.05) is 26.8 Å². The van der Waals surface area contributed by atoms with Gasteiger partial charge in [0.25, 0.3) is 0 Å². The molecule has 7 heteroatoms. The monoisotopic (exact) mass is 388 g/mol. The molecule has 0 radical (unpaired) electrons. The summed E-state index contributed by atoms with van der Waals surface area (Å²) in [6.07, 6.45) is 0.433. The number of halogens is 2. The first-order chi connectivity index (χ1) is 11.6. The van der Waals surface area contributed by atoms with Crippen LogP contribution >= 0.6 is 23.2 Å². The summed E-state index contributed by atoms with van der Waals surface area (Å²) in [6.45, 7) is 7.65. The first-order valence-corrected chi connectivity index (χ1v) is 9.06. The molecular weight excluding hydrogens is 363 g/mol. The fraction of sp³-hybridized carbons (Fsp3) is 0.611. The van der Waals surface area contributed by atoms with Crippen LogP contribution in [-0.4, -0.2) is 61.3 Å². The van der Waals surface area contributed by atoms with E-state index >= 15 is 0 Å². The van der Waals surface area contributed by atoms with Gasteiger partial charge in [0.2, 0.25) is 0 Å². The summed E-state index contributed by atoms with van der Waals surface area (Å²) >= 11 is 12.2. The van der Waals surface area contributed by atoms with E-state index in [1.54, 1.807) is 18.1 Å². The van der Waals surface area contributed by atoms with Crippen LogP contribution < -0.4 is 4.74 Å². The molecule has 1 aromatic rings. The lowest BCUT2D eigenvalue weighted by molar-refractivity contribution is 0.00760. The minimum Gasteiger partial charge on any atom is -0.496 e. The van der Waals surface area contributed by atoms with E-state index in [4.69, 9.17) is 32.7 Å². The molecule has 1 amide bonds. The van der Waals surface area contributed by atoms with E-state index in [-0.39, 0.29) is 12.1 Å². The number of amides is 1. The third kappa shape index (κ3) is 5.40. The Morgan fingerprint density at radius 1 is 1.24 bits per heavy atom. The molecule has 0 aliphatic carbocycles. The number of rotatable bonds is 3. The molecule has 1 aromatic carbocycles. The number of likely N-dealkylation sites (N-methyl/N-ethyl adjacent to an activating group) is 1. The fourth-order valence-corrected chi connectivity index (χ4v) is 3.17. The predicted octanol–water partition coefficient (Wildman–Crippen LogP) is 4.10. The molecule has 1 fully saturated rings. The standard InChI is InChI=1S/C18H26Cl2N2O3/c1-18(2,3)25-17(23)22-7-6-21(4)13(11-22)8-12-9-14(19)15(20)10-16(12)24-5/h9-10,13H,6-8,11H2,1-5H3. The van der Waals surface area contributed by atoms with E-state index in [0.29, 0.717) is 35.3 Å². The molecule has 5 nitrogen and oxygen atoms in total. The smallest absolute Gasteiger partial charge is 0.410 e. The van der Waals surface area contributed by atoms with Crippen LogP contribution in [0.1, 0.15) is 26.3 Å². The molecule has 1 aliphatic heterocycles. The van der Waals surface area contributed by atoms with Gasteiger partial charge < -0.3 is 14.4 Å². The highest BCUT2D eigenvalue weighted by Crippen LogP contribution is 2.32. The number of nitrogens with zero attached hydrogens (tertiary/aromatic N) is 2. The third-order valence-electron chi connectivity index (χ3n) is 4.21. The van der Waals surface area contributed by atoms with Crippen molar-refractivity contribution in [3.8, 4) is 5.75 Å². The molecule has 0 spiro atoms. The van der Waals surface area contributed by atoms with Gasteiger partial charge >= 0.3 is 6.09 Å². The lowest BCUT2D eigenvalue weighted by Crippen LogP contribution is -2.54. The van der Waals surface area contributed by atoms with Gasteiger partial charge in [-0.15, -0.1) is 0 Å². The van der Waals surface area contributed by atoms with Crippen molar-refractivity contribution in [3.05, 3.63) is 27.7 Å². The quantitative estimate of drug-likeness (QED) is 0.781. The molecular formula is C18H26Cl2N2O3. The molecule has 0 N–H and O–H groups in total. The van der Waals surface area contributed by atoms with Gasteiger partial charge in [0.15, 0.2) is 0 Å². The zero-order valence-electron chi connectivity index (χ0n) is 15.4. The summed E-state index contributed by atoms with van der Waals surface area (Å²) in [7, 11) is 3.67. The number of benzene rings is 1. The normalized spacial score (nSPS) is 19.0. The maximum absolute atomic E-state index is 12.4. The topological polar surface area (TPSA) is 42.0 Å². The molecule has 1 unspecified atom stereocenters. The van der Waals surface area contributed by atoms with Crippen molar-refractivity contribution in [2.75, 3.05) is 33.8 Å². The Hall–Kier alpha value is -1.17. The first kappa shape index (κ1) is 20.1. The van der Waals surface area contributed by atoms with Crippen LogP contribution in [0.15, 0.2) is 12.1 Å². The molecule has 0 aromatic heterocycles. The van der Waals surface area contributed by atoms with Gasteiger partial charge in [-0.2, -0.15) is 0 Å². The number of hydrogen-bond acceptors (Lipinski definition) is 4. The molecule has 25 heavy (non-hydrogen) atoms. The lowest BCUT2D eigenvalue weighted by Gasteiger charge is -2.40. The van der Waals surface area contributed by atoms with Gasteiger partial charge in [-0.1, -0.05) is 23.2 Å². The summed E-state index contributed by atoms with van der Waals surface area (Å²) in [4.78, 5) is 16.4. The molecule has 1 aliphatic rings. The van der Waals surface area contributed by atoms with Crippen molar-refractivity contribution in [3.63, 3.8) is 0 Å². The van der Waals surface area contributed by atoms with Crippen molar-refractivity contribution in [2.45, 2.75) is 38.8 Å². The maximum atomic E-state index is 12.4. The van der Waals surface area contributed by atoms with Crippen molar-refractivity contribution < 1.29 is 14.3 Å². The average Bonchev–Trinajstić information content (AvgIpc) is 2.51. The molecule has 2 rings (SSSR count). The average molecular weight is 389 g/mol. The number of methoxy groups -OCH3 is 1. The second-order valence-corrected chi connectivity index (χ2v) is 8.16. The minimum absolute atomic E-state index is 0.146. The molecule has 1 heterocycles. The van der Waals surface area contributed by atoms with Crippen LogP contribution in [0.2, 0.25) is 10.0 Å². The van der Waals surface area contributed by atoms with Gasteiger partial charge in [0.05, 0.1) is 17.2 Å². The van der Waals surface area contributed by atoms with Gasteiger partial charge in [-0.25, -0.2) is 4.79 Å². The largest absolute Gasteiger partial charge is 0.496 e. The first-order valence-electron chi connectivity index (χ1n) is 8.31. The summed E-state index contributed by atoms with van der Waals surface area (Å²) in [5.74, 6) is 0.706. The van der Waals surface area contributed by atoms with Crippen LogP contribution in [-0.2, 0) is 11.2 Å². The SMILES string of the molecule is COc1cc(Cl)c(Cl)cc1CC1CN(C(=O)OC(C)(C)C)CCN1C. The van der Waals surface area contributed by atoms with Crippen LogP contribution in [0.3, 0.4) is 0 Å². The van der Waals surface area contributed by atoms with Crippen molar-refractivity contribution >= 4 is 29.3 Å². The van der Waals surface area contributed by atoms with Gasteiger partial charge in [-0.05, 0) is 45.9 Å². The molecule has 0 bridgehead atoms. The Kier molecular flexibility index (Phi) is 6.46. The third-order valence-corrected chi connectivity index (χ3v) is 4.93. The molecule has 0 saturated carbocycles. The van der Waals surface area contributed by atoms with Crippen LogP contribution in [0.5, 0.6) is 5.75 Å². The van der Waals surface area contributed by atoms with E-state index in [9.17, 15) is 4.79 Å². The van der Waals surface area contributed by atoms with Crippen LogP contribution in [0.4, 0.5) is 4.79 Å². The molecule has 1 atom stereocenters. The number of hydrogen-bond donors (Lipinski definition) is 0. The zero-order chi connectivity index (χ0) is 18.8. The second-order valence-electron chi connectivity index (χ2n) is 7.34. The zero-order valence-corrected chi connectivity index (χ0v) is 16.9. The van der Waals surface area contributed by atoms with E-state index < -0.39 is 5.60 Å². The lowest BCUT2D eigenvalue weighted by atomic mass is 10.0. The maximum Gasteiger partial charge on any atom is 0.410 e. The summed E-state index contributed by atoms with van der Waals surface area (Å²) in [5, 5.41) is 0.967. The molecule has 140 valence electrons. The number of carbonyl (C=O) groups is 1. The van der Waals surface area contributed by atoms with Crippen molar-refractivity contribution in [2.24, 2.45) is 0 Å². The number of carbonyl (C=O) groups excluding carboxylic acids is 1. The van der Waals surface area contributed by atoms with E-state index in [0.717, 1.165) is 12.1 Å². The minimum atomic E-state index is -0.497. The summed E-state index contributed by atoms with van der Waals surface area (Å²) in [6, 6.07) is 3.71. The Labute approximate surface area is 159 Å². The Balaban J connectivity index is 2.13. The van der Waals surface area contributed by atoms with Gasteiger partial charge in [0.1, 0.15) is 11.4 Å². The van der Waals surface area contributed by atoms with Crippen LogP contribution in [0, 0.1) is 0 Å². The molecule has 1 saturated heterocycles. The fourth-order valence-electron chi connectivity index (χ4n) is 2.83. The highest BCUT2D eigenvalue weighted by Gasteiger charge is 2.31. The Bertz CT molecular complexity index is 631. The summed E-state index contributed by atoms with van der Waals surface area (Å²) in [5.41, 5.74) is 0.475. The predicted molar refractivity (Wildman–Crippen MR) is 101 cm³/mol. The van der Waals surface area contributed by atoms with Gasteiger partial charge in [-0.3, -0.25) is 4.90 Å². The highest BCUT2D eigenvalue weighted by molar-refractivity contribution is 6.42. The van der Waals surface area contributed by atoms with E-state index in [2.05, 4.69) is 11.9 Å². The van der Waals surface area contributed by atoms with Crippen molar-refractivity contribution in [1.29, 1.82) is 0 Å². The Morgan fingerprint density at radius 3 is 2.48 bits per heavy atom.